The summed E-state index contributed by atoms with van der Waals surface area (Å²) in [6.07, 6.45) is 0. The van der Waals surface area contributed by atoms with Crippen LogP contribution in [0.25, 0.3) is 0 Å². The van der Waals surface area contributed by atoms with E-state index in [4.69, 9.17) is 5.73 Å². The van der Waals surface area contributed by atoms with Crippen LogP contribution in [0.3, 0.4) is 0 Å². The molecule has 0 bridgehead atoms. The summed E-state index contributed by atoms with van der Waals surface area (Å²) < 4.78 is 0. The minimum absolute atomic E-state index is 0.161. The number of hydrogen-bond acceptors (Lipinski definition) is 1. The van der Waals surface area contributed by atoms with Crippen molar-refractivity contribution in [1.82, 2.24) is 0 Å². The van der Waals surface area contributed by atoms with Crippen LogP contribution < -0.4 is 5.73 Å². The van der Waals surface area contributed by atoms with Gasteiger partial charge in [-0.1, -0.05) is 75.4 Å². The van der Waals surface area contributed by atoms with E-state index in [0.29, 0.717) is 12.4 Å². The molecular formula is C18H22N2. The lowest BCUT2D eigenvalue weighted by atomic mass is 9.86. The van der Waals surface area contributed by atoms with Crippen LogP contribution in [-0.2, 0) is 12.0 Å². The fourth-order valence-corrected chi connectivity index (χ4v) is 1.99. The highest BCUT2D eigenvalue weighted by atomic mass is 14.8. The zero-order valence-corrected chi connectivity index (χ0v) is 12.4. The van der Waals surface area contributed by atoms with Crippen molar-refractivity contribution in [3.63, 3.8) is 0 Å². The molecule has 0 saturated carbocycles. The van der Waals surface area contributed by atoms with Crippen LogP contribution in [-0.4, -0.2) is 5.84 Å². The minimum atomic E-state index is 0.161. The van der Waals surface area contributed by atoms with E-state index in [1.165, 1.54) is 11.1 Å². The van der Waals surface area contributed by atoms with Gasteiger partial charge in [0.1, 0.15) is 5.84 Å². The SMILES string of the molecule is CC(C)(C)c1ccc(C(N)=NCc2ccccc2)cc1. The summed E-state index contributed by atoms with van der Waals surface area (Å²) in [5, 5.41) is 0. The van der Waals surface area contributed by atoms with Crippen molar-refractivity contribution in [3.05, 3.63) is 71.3 Å². The molecule has 0 aliphatic rings. The molecule has 0 spiro atoms. The topological polar surface area (TPSA) is 38.4 Å². The van der Waals surface area contributed by atoms with E-state index >= 15 is 0 Å². The average Bonchev–Trinajstić information content (AvgIpc) is 2.45. The normalized spacial score (nSPS) is 12.4. The number of nitrogens with zero attached hydrogens (tertiary/aromatic N) is 1. The molecule has 2 N–H and O–H groups in total. The van der Waals surface area contributed by atoms with Gasteiger partial charge in [0.25, 0.3) is 0 Å². The van der Waals surface area contributed by atoms with Crippen LogP contribution >= 0.6 is 0 Å². The molecule has 0 atom stereocenters. The zero-order chi connectivity index (χ0) is 14.6. The third-order valence-corrected chi connectivity index (χ3v) is 3.32. The number of rotatable bonds is 3. The third kappa shape index (κ3) is 3.70. The fraction of sp³-hybridized carbons (Fsp3) is 0.278. The molecular weight excluding hydrogens is 244 g/mol. The van der Waals surface area contributed by atoms with Crippen LogP contribution in [0.4, 0.5) is 0 Å². The average molecular weight is 266 g/mol. The Hall–Kier alpha value is -2.09. The van der Waals surface area contributed by atoms with Crippen molar-refractivity contribution in [2.75, 3.05) is 0 Å². The van der Waals surface area contributed by atoms with Crippen molar-refractivity contribution in [1.29, 1.82) is 0 Å². The molecule has 0 aliphatic carbocycles. The molecule has 0 amide bonds. The molecule has 2 aromatic carbocycles. The first kappa shape index (κ1) is 14.3. The number of benzene rings is 2. The van der Waals surface area contributed by atoms with Crippen LogP contribution in [0.15, 0.2) is 59.6 Å². The molecule has 0 aromatic heterocycles. The number of hydrogen-bond donors (Lipinski definition) is 1. The smallest absolute Gasteiger partial charge is 0.125 e. The molecule has 0 fully saturated rings. The quantitative estimate of drug-likeness (QED) is 0.664. The molecule has 2 nitrogen and oxygen atoms in total. The van der Waals surface area contributed by atoms with Gasteiger partial charge in [-0.25, -0.2) is 0 Å². The highest BCUT2D eigenvalue weighted by Gasteiger charge is 2.13. The molecule has 2 aromatic rings. The van der Waals surface area contributed by atoms with Gasteiger partial charge in [-0.2, -0.15) is 0 Å². The first-order chi connectivity index (χ1) is 9.47. The van der Waals surface area contributed by atoms with Gasteiger partial charge < -0.3 is 5.73 Å². The predicted octanol–water partition coefficient (Wildman–Crippen LogP) is 3.89. The Bertz CT molecular complexity index is 575. The molecule has 0 heterocycles. The standard InChI is InChI=1S/C18H22N2/c1-18(2,3)16-11-9-15(10-12-16)17(19)20-13-14-7-5-4-6-8-14/h4-12H,13H2,1-3H3,(H2,19,20). The Morgan fingerprint density at radius 1 is 0.950 bits per heavy atom. The van der Waals surface area contributed by atoms with Crippen molar-refractivity contribution in [2.24, 2.45) is 10.7 Å². The summed E-state index contributed by atoms with van der Waals surface area (Å²) in [5.74, 6) is 0.592. The van der Waals surface area contributed by atoms with E-state index < -0.39 is 0 Å². The second kappa shape index (κ2) is 5.91. The van der Waals surface area contributed by atoms with E-state index in [2.05, 4.69) is 50.0 Å². The molecule has 0 unspecified atom stereocenters. The predicted molar refractivity (Wildman–Crippen MR) is 86.0 cm³/mol. The first-order valence-corrected chi connectivity index (χ1v) is 6.91. The highest BCUT2D eigenvalue weighted by molar-refractivity contribution is 5.97. The summed E-state index contributed by atoms with van der Waals surface area (Å²) in [5.41, 5.74) is 9.66. The van der Waals surface area contributed by atoms with Crippen molar-refractivity contribution >= 4 is 5.84 Å². The third-order valence-electron chi connectivity index (χ3n) is 3.32. The van der Waals surface area contributed by atoms with Crippen LogP contribution in [0.5, 0.6) is 0 Å². The summed E-state index contributed by atoms with van der Waals surface area (Å²) in [4.78, 5) is 4.45. The second-order valence-corrected chi connectivity index (χ2v) is 6.01. The summed E-state index contributed by atoms with van der Waals surface area (Å²) in [6, 6.07) is 18.5. The van der Waals surface area contributed by atoms with Crippen molar-refractivity contribution < 1.29 is 0 Å². The Morgan fingerprint density at radius 3 is 2.10 bits per heavy atom. The molecule has 0 radical (unpaired) electrons. The Morgan fingerprint density at radius 2 is 1.55 bits per heavy atom. The van der Waals surface area contributed by atoms with E-state index in [1.807, 2.05) is 30.3 Å². The molecule has 2 rings (SSSR count). The lowest BCUT2D eigenvalue weighted by Gasteiger charge is -2.19. The van der Waals surface area contributed by atoms with E-state index in [1.54, 1.807) is 0 Å². The number of nitrogens with two attached hydrogens (primary N) is 1. The largest absolute Gasteiger partial charge is 0.383 e. The maximum absolute atomic E-state index is 6.05. The summed E-state index contributed by atoms with van der Waals surface area (Å²) in [6.45, 7) is 7.23. The second-order valence-electron chi connectivity index (χ2n) is 6.01. The van der Waals surface area contributed by atoms with E-state index in [9.17, 15) is 0 Å². The molecule has 0 saturated heterocycles. The molecule has 20 heavy (non-hydrogen) atoms. The monoisotopic (exact) mass is 266 g/mol. The van der Waals surface area contributed by atoms with Gasteiger partial charge in [-0.05, 0) is 16.5 Å². The van der Waals surface area contributed by atoms with Crippen LogP contribution in [0, 0.1) is 0 Å². The maximum Gasteiger partial charge on any atom is 0.125 e. The minimum Gasteiger partial charge on any atom is -0.383 e. The summed E-state index contributed by atoms with van der Waals surface area (Å²) in [7, 11) is 0. The van der Waals surface area contributed by atoms with Crippen molar-refractivity contribution in [2.45, 2.75) is 32.7 Å². The number of amidine groups is 1. The highest BCUT2D eigenvalue weighted by Crippen LogP contribution is 2.22. The van der Waals surface area contributed by atoms with Crippen molar-refractivity contribution in [3.8, 4) is 0 Å². The fourth-order valence-electron chi connectivity index (χ4n) is 1.99. The van der Waals surface area contributed by atoms with E-state index in [-0.39, 0.29) is 5.41 Å². The Balaban J connectivity index is 2.11. The van der Waals surface area contributed by atoms with Gasteiger partial charge in [0, 0.05) is 5.56 Å². The molecule has 104 valence electrons. The Kier molecular flexibility index (Phi) is 4.23. The lowest BCUT2D eigenvalue weighted by molar-refractivity contribution is 0.590. The van der Waals surface area contributed by atoms with E-state index in [0.717, 1.165) is 5.56 Å². The molecule has 0 aliphatic heterocycles. The maximum atomic E-state index is 6.05. The van der Waals surface area contributed by atoms with Gasteiger partial charge in [-0.15, -0.1) is 0 Å². The van der Waals surface area contributed by atoms with Gasteiger partial charge in [-0.3, -0.25) is 4.99 Å². The lowest BCUT2D eigenvalue weighted by Crippen LogP contribution is -2.15. The first-order valence-electron chi connectivity index (χ1n) is 6.91. The van der Waals surface area contributed by atoms with Gasteiger partial charge in [0.05, 0.1) is 6.54 Å². The molecule has 2 heteroatoms. The Labute approximate surface area is 121 Å². The van der Waals surface area contributed by atoms with Gasteiger partial charge in [0.15, 0.2) is 0 Å². The summed E-state index contributed by atoms with van der Waals surface area (Å²) >= 11 is 0. The van der Waals surface area contributed by atoms with Crippen LogP contribution in [0.2, 0.25) is 0 Å². The number of aliphatic imine (C=N–C) groups is 1. The zero-order valence-electron chi connectivity index (χ0n) is 12.4. The van der Waals surface area contributed by atoms with Gasteiger partial charge in [0.2, 0.25) is 0 Å². The van der Waals surface area contributed by atoms with Crippen LogP contribution in [0.1, 0.15) is 37.5 Å². The van der Waals surface area contributed by atoms with Gasteiger partial charge >= 0.3 is 0 Å².